The zero-order valence-electron chi connectivity index (χ0n) is 24.1. The standard InChI is InChI=1S/C35H30N4O4/c1-35-32(42-3)25(37(2)34(41)19-11-5-4-6-12-19)17-26(43-35)38-23-15-9-7-13-20(23)28-29-22(18-36-33(29)40)27-21-14-8-10-16-24(21)39(35)31(27)30(28)38/h4-16,25-26,32H,17-18H2,1-3H3,(H,36,40)/t25-,26-,32-,35-/m1/s1. The molecule has 3 aliphatic heterocycles. The number of methoxy groups -OCH3 is 1. The summed E-state index contributed by atoms with van der Waals surface area (Å²) in [5.74, 6) is -0.107. The minimum atomic E-state index is -0.980. The quantitative estimate of drug-likeness (QED) is 0.287. The summed E-state index contributed by atoms with van der Waals surface area (Å²) in [6.45, 7) is 2.56. The van der Waals surface area contributed by atoms with E-state index in [-0.39, 0.29) is 17.9 Å². The summed E-state index contributed by atoms with van der Waals surface area (Å²) in [7, 11) is 3.57. The van der Waals surface area contributed by atoms with Crippen molar-refractivity contribution in [2.45, 2.75) is 44.0 Å². The molecular weight excluding hydrogens is 540 g/mol. The maximum Gasteiger partial charge on any atom is 0.253 e. The summed E-state index contributed by atoms with van der Waals surface area (Å²) in [5.41, 5.74) is 5.46. The van der Waals surface area contributed by atoms with Gasteiger partial charge in [0.2, 0.25) is 0 Å². The van der Waals surface area contributed by atoms with Crippen LogP contribution in [0.2, 0.25) is 0 Å². The van der Waals surface area contributed by atoms with E-state index >= 15 is 0 Å². The van der Waals surface area contributed by atoms with Gasteiger partial charge in [-0.25, -0.2) is 0 Å². The number of benzene rings is 4. The summed E-state index contributed by atoms with van der Waals surface area (Å²) in [6, 6.07) is 25.7. The molecule has 8 nitrogen and oxygen atoms in total. The third-order valence-corrected chi connectivity index (χ3v) is 10.0. The molecule has 6 aromatic rings. The first kappa shape index (κ1) is 24.9. The molecule has 2 amide bonds. The average Bonchev–Trinajstić information content (AvgIpc) is 3.68. The minimum Gasteiger partial charge on any atom is -0.374 e. The molecule has 0 radical (unpaired) electrons. The second-order valence-electron chi connectivity index (χ2n) is 12.1. The highest BCUT2D eigenvalue weighted by atomic mass is 16.6. The number of nitrogens with zero attached hydrogens (tertiary/aromatic N) is 3. The first-order chi connectivity index (χ1) is 20.9. The lowest BCUT2D eigenvalue weighted by Gasteiger charge is -2.50. The molecule has 1 saturated heterocycles. The number of para-hydroxylation sites is 2. The molecule has 4 aromatic carbocycles. The molecule has 3 aliphatic rings. The number of carbonyl (C=O) groups is 2. The van der Waals surface area contributed by atoms with Gasteiger partial charge < -0.3 is 28.8 Å². The van der Waals surface area contributed by atoms with E-state index in [1.165, 1.54) is 0 Å². The normalized spacial score (nSPS) is 24.2. The number of rotatable bonds is 3. The second kappa shape index (κ2) is 8.46. The van der Waals surface area contributed by atoms with Crippen LogP contribution in [0.5, 0.6) is 0 Å². The first-order valence-corrected chi connectivity index (χ1v) is 14.8. The Morgan fingerprint density at radius 1 is 0.953 bits per heavy atom. The summed E-state index contributed by atoms with van der Waals surface area (Å²) in [6.07, 6.45) is -0.386. The van der Waals surface area contributed by atoms with E-state index in [1.54, 1.807) is 7.11 Å². The second-order valence-corrected chi connectivity index (χ2v) is 12.1. The SMILES string of the molecule is CO[C@@H]1[C@H](N(C)C(=O)c2ccccc2)C[C@H]2O[C@@]1(C)n1c3ccccc3c3c4c(c5c6ccccc6n2c5c31)C(=O)NC4. The summed E-state index contributed by atoms with van der Waals surface area (Å²) >= 11 is 0. The molecular formula is C35H30N4O4. The van der Waals surface area contributed by atoms with Gasteiger partial charge in [-0.05, 0) is 36.8 Å². The van der Waals surface area contributed by atoms with Crippen LogP contribution < -0.4 is 5.32 Å². The molecule has 1 N–H and O–H groups in total. The van der Waals surface area contributed by atoms with Crippen LogP contribution in [-0.4, -0.2) is 52.2 Å². The van der Waals surface area contributed by atoms with Crippen LogP contribution in [0.3, 0.4) is 0 Å². The van der Waals surface area contributed by atoms with E-state index in [9.17, 15) is 9.59 Å². The van der Waals surface area contributed by atoms with Gasteiger partial charge in [0.15, 0.2) is 5.72 Å². The number of nitrogens with one attached hydrogen (secondary N) is 1. The molecule has 8 heteroatoms. The van der Waals surface area contributed by atoms with Gasteiger partial charge in [0.05, 0.1) is 33.7 Å². The molecule has 0 aliphatic carbocycles. The van der Waals surface area contributed by atoms with Crippen LogP contribution >= 0.6 is 0 Å². The highest BCUT2D eigenvalue weighted by Gasteiger charge is 2.55. The van der Waals surface area contributed by atoms with Gasteiger partial charge in [-0.1, -0.05) is 54.6 Å². The topological polar surface area (TPSA) is 77.7 Å². The predicted octanol–water partition coefficient (Wildman–Crippen LogP) is 5.91. The van der Waals surface area contributed by atoms with Gasteiger partial charge in [0, 0.05) is 54.2 Å². The lowest BCUT2D eigenvalue weighted by atomic mass is 9.91. The maximum absolute atomic E-state index is 13.9. The Labute approximate surface area is 247 Å². The third-order valence-electron chi connectivity index (χ3n) is 10.0. The number of hydrogen-bond donors (Lipinski definition) is 1. The van der Waals surface area contributed by atoms with Crippen molar-refractivity contribution in [3.05, 3.63) is 95.6 Å². The monoisotopic (exact) mass is 570 g/mol. The Hall–Kier alpha value is -4.66. The molecule has 5 heterocycles. The number of ether oxygens (including phenoxy) is 2. The van der Waals surface area contributed by atoms with E-state index in [4.69, 9.17) is 9.47 Å². The van der Waals surface area contributed by atoms with Gasteiger partial charge in [-0.15, -0.1) is 0 Å². The highest BCUT2D eigenvalue weighted by Crippen LogP contribution is 2.54. The van der Waals surface area contributed by atoms with Crippen molar-refractivity contribution in [2.24, 2.45) is 0 Å². The molecule has 9 rings (SSSR count). The van der Waals surface area contributed by atoms with Crippen LogP contribution in [0.4, 0.5) is 0 Å². The fourth-order valence-electron chi connectivity index (χ4n) is 8.33. The van der Waals surface area contributed by atoms with Crippen molar-refractivity contribution in [3.8, 4) is 0 Å². The van der Waals surface area contributed by atoms with Crippen molar-refractivity contribution in [1.29, 1.82) is 0 Å². The van der Waals surface area contributed by atoms with Crippen LogP contribution in [0.1, 0.15) is 45.9 Å². The molecule has 0 saturated carbocycles. The van der Waals surface area contributed by atoms with E-state index in [1.807, 2.05) is 66.5 Å². The lowest BCUT2D eigenvalue weighted by Crippen LogP contribution is -2.61. The number of aromatic nitrogens is 2. The smallest absolute Gasteiger partial charge is 0.253 e. The largest absolute Gasteiger partial charge is 0.374 e. The van der Waals surface area contributed by atoms with Crippen LogP contribution in [0.15, 0.2) is 78.9 Å². The van der Waals surface area contributed by atoms with Crippen molar-refractivity contribution >= 4 is 55.4 Å². The Bertz CT molecular complexity index is 2180. The molecule has 214 valence electrons. The van der Waals surface area contributed by atoms with Crippen molar-refractivity contribution in [3.63, 3.8) is 0 Å². The lowest BCUT2D eigenvalue weighted by molar-refractivity contribution is -0.264. The van der Waals surface area contributed by atoms with E-state index in [0.29, 0.717) is 18.5 Å². The van der Waals surface area contributed by atoms with Crippen LogP contribution in [0, 0.1) is 0 Å². The summed E-state index contributed by atoms with van der Waals surface area (Å²) < 4.78 is 18.1. The number of amides is 2. The van der Waals surface area contributed by atoms with Gasteiger partial charge in [0.1, 0.15) is 12.3 Å². The van der Waals surface area contributed by atoms with Gasteiger partial charge in [-0.3, -0.25) is 9.59 Å². The first-order valence-electron chi connectivity index (χ1n) is 14.8. The number of carbonyl (C=O) groups excluding carboxylic acids is 2. The summed E-state index contributed by atoms with van der Waals surface area (Å²) in [5, 5.41) is 7.24. The van der Waals surface area contributed by atoms with Gasteiger partial charge >= 0.3 is 0 Å². The fourth-order valence-corrected chi connectivity index (χ4v) is 8.33. The number of hydrogen-bond acceptors (Lipinski definition) is 4. The van der Waals surface area contributed by atoms with Gasteiger partial charge in [0.25, 0.3) is 11.8 Å². The van der Waals surface area contributed by atoms with E-state index < -0.39 is 18.1 Å². The van der Waals surface area contributed by atoms with E-state index in [2.05, 4.69) is 45.6 Å². The Balaban J connectivity index is 1.43. The molecule has 4 atom stereocenters. The Kier molecular flexibility index (Phi) is 4.90. The highest BCUT2D eigenvalue weighted by molar-refractivity contribution is 6.31. The van der Waals surface area contributed by atoms with Crippen molar-refractivity contribution < 1.29 is 19.1 Å². The molecule has 0 unspecified atom stereocenters. The zero-order chi connectivity index (χ0) is 29.2. The van der Waals surface area contributed by atoms with Crippen LogP contribution in [0.25, 0.3) is 43.6 Å². The van der Waals surface area contributed by atoms with E-state index in [0.717, 1.165) is 54.7 Å². The van der Waals surface area contributed by atoms with Crippen LogP contribution in [-0.2, 0) is 21.7 Å². The minimum absolute atomic E-state index is 0.0446. The molecule has 2 bridgehead atoms. The molecule has 1 fully saturated rings. The Morgan fingerprint density at radius 2 is 1.63 bits per heavy atom. The Morgan fingerprint density at radius 3 is 2.37 bits per heavy atom. The van der Waals surface area contributed by atoms with Crippen molar-refractivity contribution in [2.75, 3.05) is 14.2 Å². The maximum atomic E-state index is 13.9. The molecule has 2 aromatic heterocycles. The molecule has 0 spiro atoms. The molecule has 43 heavy (non-hydrogen) atoms. The van der Waals surface area contributed by atoms with Gasteiger partial charge in [-0.2, -0.15) is 0 Å². The third kappa shape index (κ3) is 2.97. The van der Waals surface area contributed by atoms with Crippen molar-refractivity contribution in [1.82, 2.24) is 19.4 Å². The number of fused-ring (bicyclic) bond motifs is 13. The fraction of sp³-hybridized carbons (Fsp3) is 0.257. The summed E-state index contributed by atoms with van der Waals surface area (Å²) in [4.78, 5) is 29.2. The zero-order valence-corrected chi connectivity index (χ0v) is 24.1. The average molecular weight is 571 g/mol. The number of likely N-dealkylation sites (N-methyl/N-ethyl adjacent to an activating group) is 1. The predicted molar refractivity (Wildman–Crippen MR) is 165 cm³/mol.